The first kappa shape index (κ1) is 27.5. The van der Waals surface area contributed by atoms with Crippen molar-refractivity contribution in [2.24, 2.45) is 0 Å². The minimum atomic E-state index is -4.92. The fourth-order valence-corrected chi connectivity index (χ4v) is 5.05. The molecule has 1 aromatic carbocycles. The molecule has 1 N–H and O–H groups in total. The first-order valence-electron chi connectivity index (χ1n) is 12.5. The van der Waals surface area contributed by atoms with Gasteiger partial charge in [-0.15, -0.1) is 13.2 Å². The summed E-state index contributed by atoms with van der Waals surface area (Å²) in [6.45, 7) is 2.32. The molecule has 2 atom stereocenters. The molecule has 4 rings (SSSR count). The first-order chi connectivity index (χ1) is 18.2. The van der Waals surface area contributed by atoms with Crippen LogP contribution in [0.4, 0.5) is 13.2 Å². The van der Waals surface area contributed by atoms with Crippen molar-refractivity contribution in [1.82, 2.24) is 20.1 Å². The van der Waals surface area contributed by atoms with Gasteiger partial charge in [-0.05, 0) is 44.5 Å². The van der Waals surface area contributed by atoms with Crippen molar-refractivity contribution in [3.05, 3.63) is 47.7 Å². The number of pyridine rings is 1. The monoisotopic (exact) mass is 536 g/mol. The van der Waals surface area contributed by atoms with Gasteiger partial charge in [-0.2, -0.15) is 0 Å². The standard InChI is InChI=1S/C26H31F3N4O5/c1-36-22-14-17(15-30-24(22)37-2)25(35)33-13-10-19(20(16-33)32-11-6-3-7-12-32)31-23(34)18-8-4-5-9-21(18)38-26(27,28)29/h4-5,8-9,14-15,19-20H,3,6-7,10-13,16H2,1-2H3,(H,31,34). The van der Waals surface area contributed by atoms with Crippen LogP contribution in [0.5, 0.6) is 17.4 Å². The number of carbonyl (C=O) groups excluding carboxylic acids is 2. The highest BCUT2D eigenvalue weighted by molar-refractivity contribution is 5.97. The molecule has 2 fully saturated rings. The molecule has 2 aromatic rings. The molecule has 9 nitrogen and oxygen atoms in total. The Morgan fingerprint density at radius 1 is 1.03 bits per heavy atom. The highest BCUT2D eigenvalue weighted by Gasteiger charge is 2.38. The van der Waals surface area contributed by atoms with E-state index in [1.807, 2.05) is 0 Å². The zero-order valence-corrected chi connectivity index (χ0v) is 21.3. The SMILES string of the molecule is COc1cc(C(=O)N2CCC(NC(=O)c3ccccc3OC(F)(F)F)C(N3CCCCC3)C2)cnc1OC. The van der Waals surface area contributed by atoms with Gasteiger partial charge in [0.15, 0.2) is 5.75 Å². The summed E-state index contributed by atoms with van der Waals surface area (Å²) in [6.07, 6.45) is 0.0341. The molecule has 2 amide bonds. The molecule has 0 aliphatic carbocycles. The average molecular weight is 537 g/mol. The number of hydrogen-bond acceptors (Lipinski definition) is 7. The summed E-state index contributed by atoms with van der Waals surface area (Å²) in [4.78, 5) is 34.6. The van der Waals surface area contributed by atoms with E-state index in [4.69, 9.17) is 9.47 Å². The number of ether oxygens (including phenoxy) is 3. The molecule has 2 aliphatic heterocycles. The number of alkyl halides is 3. The molecule has 2 aliphatic rings. The van der Waals surface area contributed by atoms with Crippen LogP contribution in [-0.4, -0.2) is 85.4 Å². The van der Waals surface area contributed by atoms with E-state index < -0.39 is 18.0 Å². The molecule has 2 saturated heterocycles. The lowest BCUT2D eigenvalue weighted by atomic mass is 9.94. The van der Waals surface area contributed by atoms with E-state index in [0.29, 0.717) is 30.8 Å². The number of methoxy groups -OCH3 is 2. The van der Waals surface area contributed by atoms with Crippen LogP contribution in [-0.2, 0) is 0 Å². The predicted octanol–water partition coefficient (Wildman–Crippen LogP) is 3.50. The van der Waals surface area contributed by atoms with E-state index >= 15 is 0 Å². The van der Waals surface area contributed by atoms with Gasteiger partial charge in [0, 0.05) is 37.4 Å². The summed E-state index contributed by atoms with van der Waals surface area (Å²) in [7, 11) is 2.93. The lowest BCUT2D eigenvalue weighted by Crippen LogP contribution is -2.62. The van der Waals surface area contributed by atoms with Crippen LogP contribution in [0.15, 0.2) is 36.5 Å². The van der Waals surface area contributed by atoms with Crippen molar-refractivity contribution in [2.45, 2.75) is 44.1 Å². The first-order valence-corrected chi connectivity index (χ1v) is 12.5. The summed E-state index contributed by atoms with van der Waals surface area (Å²) >= 11 is 0. The highest BCUT2D eigenvalue weighted by atomic mass is 19.4. The van der Waals surface area contributed by atoms with Gasteiger partial charge in [-0.1, -0.05) is 18.6 Å². The van der Waals surface area contributed by atoms with Gasteiger partial charge < -0.3 is 24.4 Å². The van der Waals surface area contributed by atoms with Crippen LogP contribution >= 0.6 is 0 Å². The third-order valence-corrected chi connectivity index (χ3v) is 6.88. The van der Waals surface area contributed by atoms with Crippen molar-refractivity contribution in [3.63, 3.8) is 0 Å². The van der Waals surface area contributed by atoms with Crippen molar-refractivity contribution in [2.75, 3.05) is 40.4 Å². The van der Waals surface area contributed by atoms with E-state index in [2.05, 4.69) is 19.9 Å². The second-order valence-corrected chi connectivity index (χ2v) is 9.26. The summed E-state index contributed by atoms with van der Waals surface area (Å²) in [5, 5.41) is 2.93. The zero-order valence-electron chi connectivity index (χ0n) is 21.3. The van der Waals surface area contributed by atoms with Gasteiger partial charge in [0.25, 0.3) is 17.7 Å². The minimum Gasteiger partial charge on any atom is -0.491 e. The largest absolute Gasteiger partial charge is 0.573 e. The molecule has 0 radical (unpaired) electrons. The van der Waals surface area contributed by atoms with Gasteiger partial charge in [-0.3, -0.25) is 14.5 Å². The Labute approximate surface area is 218 Å². The minimum absolute atomic E-state index is 0.197. The lowest BCUT2D eigenvalue weighted by molar-refractivity contribution is -0.274. The van der Waals surface area contributed by atoms with Gasteiger partial charge in [0.2, 0.25) is 0 Å². The highest BCUT2D eigenvalue weighted by Crippen LogP contribution is 2.29. The van der Waals surface area contributed by atoms with Crippen LogP contribution in [0.25, 0.3) is 0 Å². The van der Waals surface area contributed by atoms with E-state index in [9.17, 15) is 22.8 Å². The summed E-state index contributed by atoms with van der Waals surface area (Å²) in [5.41, 5.74) is 0.151. The number of rotatable bonds is 7. The van der Waals surface area contributed by atoms with Gasteiger partial charge in [0.05, 0.1) is 25.3 Å². The van der Waals surface area contributed by atoms with Crippen molar-refractivity contribution in [1.29, 1.82) is 0 Å². The fraction of sp³-hybridized carbons (Fsp3) is 0.500. The third-order valence-electron chi connectivity index (χ3n) is 6.88. The Kier molecular flexibility index (Phi) is 8.60. The number of benzene rings is 1. The predicted molar refractivity (Wildman–Crippen MR) is 131 cm³/mol. The second-order valence-electron chi connectivity index (χ2n) is 9.26. The number of amides is 2. The normalized spacial score (nSPS) is 20.5. The summed E-state index contributed by atoms with van der Waals surface area (Å²) in [6, 6.07) is 6.28. The Balaban J connectivity index is 1.53. The third kappa shape index (κ3) is 6.47. The van der Waals surface area contributed by atoms with Gasteiger partial charge >= 0.3 is 6.36 Å². The number of carbonyl (C=O) groups is 2. The van der Waals surface area contributed by atoms with Gasteiger partial charge in [-0.25, -0.2) is 4.98 Å². The number of aromatic nitrogens is 1. The fourth-order valence-electron chi connectivity index (χ4n) is 5.05. The summed E-state index contributed by atoms with van der Waals surface area (Å²) in [5.74, 6) is -0.824. The van der Waals surface area contributed by atoms with Crippen molar-refractivity contribution in [3.8, 4) is 17.4 Å². The number of nitrogens with zero attached hydrogens (tertiary/aromatic N) is 3. The van der Waals surface area contributed by atoms with Crippen LogP contribution < -0.4 is 19.5 Å². The average Bonchev–Trinajstić information content (AvgIpc) is 2.92. The van der Waals surface area contributed by atoms with Crippen LogP contribution in [0.3, 0.4) is 0 Å². The maximum atomic E-state index is 13.4. The van der Waals surface area contributed by atoms with E-state index in [1.165, 1.54) is 38.6 Å². The molecule has 1 aromatic heterocycles. The van der Waals surface area contributed by atoms with E-state index in [0.717, 1.165) is 38.4 Å². The number of para-hydroxylation sites is 1. The zero-order chi connectivity index (χ0) is 27.3. The molecule has 206 valence electrons. The van der Waals surface area contributed by atoms with Crippen molar-refractivity contribution >= 4 is 11.8 Å². The molecule has 12 heteroatoms. The van der Waals surface area contributed by atoms with Gasteiger partial charge in [0.1, 0.15) is 5.75 Å². The number of nitrogens with one attached hydrogen (secondary N) is 1. The Morgan fingerprint density at radius 2 is 1.76 bits per heavy atom. The van der Waals surface area contributed by atoms with E-state index in [1.54, 1.807) is 11.0 Å². The molecular formula is C26H31F3N4O5. The number of likely N-dealkylation sites (tertiary alicyclic amines) is 2. The molecule has 0 saturated carbocycles. The quantitative estimate of drug-likeness (QED) is 0.579. The molecule has 0 spiro atoms. The molecule has 3 heterocycles. The Hall–Kier alpha value is -3.54. The Bertz CT molecular complexity index is 1140. The smallest absolute Gasteiger partial charge is 0.491 e. The molecule has 2 unspecified atom stereocenters. The number of piperidine rings is 2. The van der Waals surface area contributed by atoms with E-state index in [-0.39, 0.29) is 29.4 Å². The molecular weight excluding hydrogens is 505 g/mol. The molecule has 0 bridgehead atoms. The molecule has 38 heavy (non-hydrogen) atoms. The number of halogens is 3. The van der Waals surface area contributed by atoms with Crippen LogP contribution in [0, 0.1) is 0 Å². The lowest BCUT2D eigenvalue weighted by Gasteiger charge is -2.45. The van der Waals surface area contributed by atoms with Crippen LogP contribution in [0.2, 0.25) is 0 Å². The maximum absolute atomic E-state index is 13.4. The van der Waals surface area contributed by atoms with Crippen LogP contribution in [0.1, 0.15) is 46.4 Å². The van der Waals surface area contributed by atoms with Crippen molar-refractivity contribution < 1.29 is 37.0 Å². The second kappa shape index (κ2) is 11.9. The number of hydrogen-bond donors (Lipinski definition) is 1. The topological polar surface area (TPSA) is 93.2 Å². The maximum Gasteiger partial charge on any atom is 0.573 e. The Morgan fingerprint density at radius 3 is 2.45 bits per heavy atom. The summed E-state index contributed by atoms with van der Waals surface area (Å²) < 4.78 is 53.1.